The molecular formula is C18H17NO5S. The van der Waals surface area contributed by atoms with Crippen LogP contribution in [-0.2, 0) is 9.53 Å². The summed E-state index contributed by atoms with van der Waals surface area (Å²) in [6.07, 6.45) is -0.880. The van der Waals surface area contributed by atoms with Gasteiger partial charge < -0.3 is 4.74 Å². The van der Waals surface area contributed by atoms with Crippen molar-refractivity contribution in [2.45, 2.75) is 30.1 Å². The van der Waals surface area contributed by atoms with Gasteiger partial charge in [0.05, 0.1) is 4.92 Å². The zero-order valence-corrected chi connectivity index (χ0v) is 14.6. The number of thioether (sulfide) groups is 1. The number of hydrogen-bond acceptors (Lipinski definition) is 6. The van der Waals surface area contributed by atoms with Gasteiger partial charge in [-0.2, -0.15) is 0 Å². The Kier molecular flexibility index (Phi) is 6.30. The molecule has 0 spiro atoms. The summed E-state index contributed by atoms with van der Waals surface area (Å²) in [6.45, 7) is 3.20. The Morgan fingerprint density at radius 2 is 1.64 bits per heavy atom. The number of carbonyl (C=O) groups excluding carboxylic acids is 2. The third-order valence-electron chi connectivity index (χ3n) is 3.41. The summed E-state index contributed by atoms with van der Waals surface area (Å²) >= 11 is 1.21. The lowest BCUT2D eigenvalue weighted by atomic mass is 10.1. The smallest absolute Gasteiger partial charge is 0.319 e. The van der Waals surface area contributed by atoms with E-state index in [1.807, 2.05) is 0 Å². The Bertz CT molecular complexity index is 761. The molecule has 0 bridgehead atoms. The molecule has 0 fully saturated rings. The van der Waals surface area contributed by atoms with Crippen LogP contribution in [0.25, 0.3) is 0 Å². The summed E-state index contributed by atoms with van der Waals surface area (Å²) in [6, 6.07) is 14.5. The van der Waals surface area contributed by atoms with E-state index in [9.17, 15) is 19.7 Å². The quantitative estimate of drug-likeness (QED) is 0.245. The first-order valence-corrected chi connectivity index (χ1v) is 8.47. The number of nitrogens with zero attached hydrogens (tertiary/aromatic N) is 1. The summed E-state index contributed by atoms with van der Waals surface area (Å²) in [5, 5.41) is 10.1. The topological polar surface area (TPSA) is 86.5 Å². The minimum atomic E-state index is -0.880. The molecular weight excluding hydrogens is 342 g/mol. The van der Waals surface area contributed by atoms with E-state index in [4.69, 9.17) is 4.74 Å². The number of rotatable bonds is 7. The van der Waals surface area contributed by atoms with Crippen molar-refractivity contribution < 1.29 is 19.2 Å². The van der Waals surface area contributed by atoms with Crippen LogP contribution in [-0.4, -0.2) is 28.0 Å². The SMILES string of the molecule is C[C@H](OC(=O)[C@@H](C)Sc1ccc([N+](=O)[O-])cc1)C(=O)c1ccccc1. The number of ether oxygens (including phenoxy) is 1. The largest absolute Gasteiger partial charge is 0.453 e. The molecule has 2 aromatic rings. The van der Waals surface area contributed by atoms with Crippen LogP contribution >= 0.6 is 11.8 Å². The maximum Gasteiger partial charge on any atom is 0.319 e. The summed E-state index contributed by atoms with van der Waals surface area (Å²) in [5.74, 6) is -0.776. The zero-order valence-electron chi connectivity index (χ0n) is 13.7. The third kappa shape index (κ3) is 5.15. The molecule has 0 saturated carbocycles. The van der Waals surface area contributed by atoms with Gasteiger partial charge in [0, 0.05) is 22.6 Å². The van der Waals surface area contributed by atoms with Crippen molar-refractivity contribution >= 4 is 29.2 Å². The van der Waals surface area contributed by atoms with E-state index in [0.717, 1.165) is 0 Å². The van der Waals surface area contributed by atoms with E-state index in [1.54, 1.807) is 49.4 Å². The predicted octanol–water partition coefficient (Wildman–Crippen LogP) is 3.89. The van der Waals surface area contributed by atoms with Gasteiger partial charge in [-0.25, -0.2) is 0 Å². The third-order valence-corrected chi connectivity index (χ3v) is 4.50. The molecule has 2 aromatic carbocycles. The lowest BCUT2D eigenvalue weighted by molar-refractivity contribution is -0.384. The minimum Gasteiger partial charge on any atom is -0.453 e. The van der Waals surface area contributed by atoms with Crippen LogP contribution in [0, 0.1) is 10.1 Å². The van der Waals surface area contributed by atoms with Gasteiger partial charge in [-0.3, -0.25) is 19.7 Å². The van der Waals surface area contributed by atoms with Crippen molar-refractivity contribution in [2.24, 2.45) is 0 Å². The molecule has 0 aliphatic heterocycles. The Balaban J connectivity index is 1.93. The van der Waals surface area contributed by atoms with Gasteiger partial charge in [-0.15, -0.1) is 11.8 Å². The van der Waals surface area contributed by atoms with Crippen LogP contribution in [0.15, 0.2) is 59.5 Å². The first kappa shape index (κ1) is 18.7. The molecule has 2 atom stereocenters. The average Bonchev–Trinajstić information content (AvgIpc) is 2.62. The highest BCUT2D eigenvalue weighted by Crippen LogP contribution is 2.26. The zero-order chi connectivity index (χ0) is 18.4. The van der Waals surface area contributed by atoms with Crippen molar-refractivity contribution in [2.75, 3.05) is 0 Å². The molecule has 0 heterocycles. The monoisotopic (exact) mass is 359 g/mol. The Morgan fingerprint density at radius 1 is 1.04 bits per heavy atom. The van der Waals surface area contributed by atoms with Gasteiger partial charge in [0.25, 0.3) is 5.69 Å². The first-order valence-electron chi connectivity index (χ1n) is 7.59. The number of non-ortho nitro benzene ring substituents is 1. The molecule has 25 heavy (non-hydrogen) atoms. The lowest BCUT2D eigenvalue weighted by Crippen LogP contribution is -2.28. The van der Waals surface area contributed by atoms with Gasteiger partial charge >= 0.3 is 5.97 Å². The number of nitro groups is 1. The van der Waals surface area contributed by atoms with Gasteiger partial charge in [-0.1, -0.05) is 30.3 Å². The number of ketones is 1. The minimum absolute atomic E-state index is 0.0124. The molecule has 0 aromatic heterocycles. The summed E-state index contributed by atoms with van der Waals surface area (Å²) < 4.78 is 5.24. The van der Waals surface area contributed by atoms with Crippen molar-refractivity contribution in [1.82, 2.24) is 0 Å². The molecule has 0 aliphatic rings. The van der Waals surface area contributed by atoms with Crippen LogP contribution in [0.5, 0.6) is 0 Å². The second-order valence-corrected chi connectivity index (χ2v) is 6.73. The Labute approximate surface area is 149 Å². The maximum absolute atomic E-state index is 12.2. The van der Waals surface area contributed by atoms with Gasteiger partial charge in [0.1, 0.15) is 5.25 Å². The lowest BCUT2D eigenvalue weighted by Gasteiger charge is -2.16. The molecule has 130 valence electrons. The average molecular weight is 359 g/mol. The number of carbonyl (C=O) groups is 2. The standard InChI is InChI=1S/C18H17NO5S/c1-12(17(20)14-6-4-3-5-7-14)24-18(21)13(2)25-16-10-8-15(9-11-16)19(22)23/h3-13H,1-2H3/t12-,13+/m0/s1. The van der Waals surface area contributed by atoms with E-state index >= 15 is 0 Å². The first-order chi connectivity index (χ1) is 11.9. The van der Waals surface area contributed by atoms with Crippen molar-refractivity contribution in [3.05, 3.63) is 70.3 Å². The van der Waals surface area contributed by atoms with Crippen molar-refractivity contribution in [1.29, 1.82) is 0 Å². The highest BCUT2D eigenvalue weighted by atomic mass is 32.2. The predicted molar refractivity (Wildman–Crippen MR) is 94.7 cm³/mol. The van der Waals surface area contributed by atoms with Crippen LogP contribution in [0.3, 0.4) is 0 Å². The summed E-state index contributed by atoms with van der Waals surface area (Å²) in [7, 11) is 0. The molecule has 0 saturated heterocycles. The summed E-state index contributed by atoms with van der Waals surface area (Å²) in [5.41, 5.74) is 0.472. The number of esters is 1. The second kappa shape index (κ2) is 8.43. The van der Waals surface area contributed by atoms with Crippen molar-refractivity contribution in [3.63, 3.8) is 0 Å². The van der Waals surface area contributed by atoms with Crippen LogP contribution < -0.4 is 0 Å². The van der Waals surface area contributed by atoms with Gasteiger partial charge in [0.2, 0.25) is 5.78 Å². The van der Waals surface area contributed by atoms with E-state index < -0.39 is 22.2 Å². The normalized spacial score (nSPS) is 12.9. The van der Waals surface area contributed by atoms with Crippen molar-refractivity contribution in [3.8, 4) is 0 Å². The molecule has 0 N–H and O–H groups in total. The number of benzene rings is 2. The molecule has 0 radical (unpaired) electrons. The van der Waals surface area contributed by atoms with E-state index in [1.165, 1.54) is 30.8 Å². The highest BCUT2D eigenvalue weighted by molar-refractivity contribution is 8.00. The fourth-order valence-corrected chi connectivity index (χ4v) is 2.91. The Hall–Kier alpha value is -2.67. The molecule has 6 nitrogen and oxygen atoms in total. The van der Waals surface area contributed by atoms with E-state index in [-0.39, 0.29) is 11.5 Å². The number of hydrogen-bond donors (Lipinski definition) is 0. The highest BCUT2D eigenvalue weighted by Gasteiger charge is 2.23. The fraction of sp³-hybridized carbons (Fsp3) is 0.222. The fourth-order valence-electron chi connectivity index (χ4n) is 2.06. The molecule has 0 aliphatic carbocycles. The molecule has 7 heteroatoms. The van der Waals surface area contributed by atoms with Gasteiger partial charge in [-0.05, 0) is 26.0 Å². The molecule has 0 amide bonds. The molecule has 2 rings (SSSR count). The summed E-state index contributed by atoms with van der Waals surface area (Å²) in [4.78, 5) is 35.2. The van der Waals surface area contributed by atoms with E-state index in [0.29, 0.717) is 10.5 Å². The van der Waals surface area contributed by atoms with Crippen LogP contribution in [0.4, 0.5) is 5.69 Å². The Morgan fingerprint density at radius 3 is 2.20 bits per heavy atom. The van der Waals surface area contributed by atoms with Gasteiger partial charge in [0.15, 0.2) is 6.10 Å². The van der Waals surface area contributed by atoms with Crippen LogP contribution in [0.2, 0.25) is 0 Å². The van der Waals surface area contributed by atoms with E-state index in [2.05, 4.69) is 0 Å². The number of Topliss-reactive ketones (excluding diaryl/α,β-unsaturated/α-hetero) is 1. The second-order valence-electron chi connectivity index (χ2n) is 5.32. The van der Waals surface area contributed by atoms with Crippen LogP contribution in [0.1, 0.15) is 24.2 Å². The maximum atomic E-state index is 12.2. The number of nitro benzene ring substituents is 1. The molecule has 0 unspecified atom stereocenters.